The van der Waals surface area contributed by atoms with Gasteiger partial charge >= 0.3 is 0 Å². The summed E-state index contributed by atoms with van der Waals surface area (Å²) in [7, 11) is 0. The second kappa shape index (κ2) is 7.83. The molecule has 0 bridgehead atoms. The summed E-state index contributed by atoms with van der Waals surface area (Å²) in [5.74, 6) is 0.180. The molecule has 0 aromatic heterocycles. The van der Waals surface area contributed by atoms with Crippen LogP contribution >= 0.6 is 0 Å². The van der Waals surface area contributed by atoms with Gasteiger partial charge in [-0.05, 0) is 41.5 Å². The Hall–Kier alpha value is -2.17. The van der Waals surface area contributed by atoms with E-state index in [9.17, 15) is 4.79 Å². The Morgan fingerprint density at radius 2 is 1.74 bits per heavy atom. The number of benzene rings is 2. The molecular formula is C23H29N3O. The molecule has 0 aliphatic carbocycles. The van der Waals surface area contributed by atoms with E-state index in [0.29, 0.717) is 12.6 Å². The van der Waals surface area contributed by atoms with Crippen molar-refractivity contribution in [3.05, 3.63) is 70.3 Å². The number of amides is 1. The van der Waals surface area contributed by atoms with Crippen molar-refractivity contribution in [3.63, 3.8) is 0 Å². The molecule has 0 spiro atoms. The molecule has 0 unspecified atom stereocenters. The first-order chi connectivity index (χ1) is 13.2. The minimum atomic E-state index is 0.180. The van der Waals surface area contributed by atoms with Gasteiger partial charge in [0.25, 0.3) is 5.91 Å². The topological polar surface area (TPSA) is 49.6 Å². The molecule has 0 radical (unpaired) electrons. The van der Waals surface area contributed by atoms with Crippen LogP contribution in [0.4, 0.5) is 0 Å². The molecule has 2 N–H and O–H groups in total. The number of carbonyl (C=O) groups is 1. The van der Waals surface area contributed by atoms with E-state index < -0.39 is 0 Å². The van der Waals surface area contributed by atoms with Gasteiger partial charge in [0.15, 0.2) is 0 Å². The first kappa shape index (κ1) is 18.2. The van der Waals surface area contributed by atoms with E-state index in [1.807, 2.05) is 12.1 Å². The van der Waals surface area contributed by atoms with Gasteiger partial charge in [0.2, 0.25) is 0 Å². The molecule has 0 saturated carbocycles. The summed E-state index contributed by atoms with van der Waals surface area (Å²) in [6, 6.07) is 15.4. The Kier molecular flexibility index (Phi) is 5.28. The molecule has 2 aliphatic heterocycles. The van der Waals surface area contributed by atoms with Crippen molar-refractivity contribution in [1.29, 1.82) is 0 Å². The van der Waals surface area contributed by atoms with Gasteiger partial charge in [-0.25, -0.2) is 0 Å². The van der Waals surface area contributed by atoms with Crippen LogP contribution in [0, 0.1) is 0 Å². The Morgan fingerprint density at radius 1 is 1.04 bits per heavy atom. The lowest BCUT2D eigenvalue weighted by molar-refractivity contribution is 0.0589. The zero-order chi connectivity index (χ0) is 18.8. The summed E-state index contributed by atoms with van der Waals surface area (Å²) in [5.41, 5.74) is 11.6. The predicted octanol–water partition coefficient (Wildman–Crippen LogP) is 3.33. The fourth-order valence-corrected chi connectivity index (χ4v) is 4.45. The summed E-state index contributed by atoms with van der Waals surface area (Å²) >= 11 is 0. The van der Waals surface area contributed by atoms with E-state index >= 15 is 0 Å². The van der Waals surface area contributed by atoms with Crippen LogP contribution < -0.4 is 5.73 Å². The summed E-state index contributed by atoms with van der Waals surface area (Å²) in [5, 5.41) is 0. The van der Waals surface area contributed by atoms with Crippen LogP contribution in [0.25, 0.3) is 0 Å². The average molecular weight is 364 g/mol. The molecule has 2 aromatic carbocycles. The highest BCUT2D eigenvalue weighted by molar-refractivity contribution is 6.00. The van der Waals surface area contributed by atoms with Crippen LogP contribution in [0.3, 0.4) is 0 Å². The largest absolute Gasteiger partial charge is 0.331 e. The average Bonchev–Trinajstić information content (AvgIpc) is 3.06. The smallest absolute Gasteiger partial charge is 0.255 e. The van der Waals surface area contributed by atoms with Crippen LogP contribution in [0.2, 0.25) is 0 Å². The Bertz CT molecular complexity index is 807. The predicted molar refractivity (Wildman–Crippen MR) is 108 cm³/mol. The Balaban J connectivity index is 1.36. The van der Waals surface area contributed by atoms with Crippen molar-refractivity contribution >= 4 is 5.91 Å². The second-order valence-corrected chi connectivity index (χ2v) is 7.77. The van der Waals surface area contributed by atoms with Crippen LogP contribution in [0.15, 0.2) is 42.5 Å². The van der Waals surface area contributed by atoms with E-state index in [1.165, 1.54) is 11.1 Å². The zero-order valence-electron chi connectivity index (χ0n) is 16.2. The fourth-order valence-electron chi connectivity index (χ4n) is 4.45. The van der Waals surface area contributed by atoms with Crippen LogP contribution in [-0.4, -0.2) is 34.8 Å². The molecule has 2 aliphatic rings. The normalized spacial score (nSPS) is 18.1. The number of fused-ring (bicyclic) bond motifs is 1. The fraction of sp³-hybridized carbons (Fsp3) is 0.435. The highest BCUT2D eigenvalue weighted by Crippen LogP contribution is 2.30. The van der Waals surface area contributed by atoms with E-state index in [1.54, 1.807) is 0 Å². The van der Waals surface area contributed by atoms with Crippen molar-refractivity contribution in [3.8, 4) is 0 Å². The number of nitrogens with zero attached hydrogens (tertiary/aromatic N) is 2. The minimum Gasteiger partial charge on any atom is -0.331 e. The quantitative estimate of drug-likeness (QED) is 0.886. The van der Waals surface area contributed by atoms with Crippen molar-refractivity contribution in [2.24, 2.45) is 5.73 Å². The number of rotatable bonds is 5. The Labute approximate surface area is 162 Å². The second-order valence-electron chi connectivity index (χ2n) is 7.77. The van der Waals surface area contributed by atoms with Crippen molar-refractivity contribution in [1.82, 2.24) is 9.80 Å². The third-order valence-corrected chi connectivity index (χ3v) is 6.11. The summed E-state index contributed by atoms with van der Waals surface area (Å²) in [6.45, 7) is 6.45. The van der Waals surface area contributed by atoms with Crippen molar-refractivity contribution in [2.75, 3.05) is 13.1 Å². The van der Waals surface area contributed by atoms with Crippen molar-refractivity contribution in [2.45, 2.75) is 51.9 Å². The van der Waals surface area contributed by atoms with Crippen LogP contribution in [0.5, 0.6) is 0 Å². The number of likely N-dealkylation sites (tertiary alicyclic amines) is 1. The van der Waals surface area contributed by atoms with Gasteiger partial charge in [-0.1, -0.05) is 49.4 Å². The summed E-state index contributed by atoms with van der Waals surface area (Å²) < 4.78 is 0. The van der Waals surface area contributed by atoms with Gasteiger partial charge in [-0.15, -0.1) is 0 Å². The van der Waals surface area contributed by atoms with Gasteiger partial charge in [-0.3, -0.25) is 9.69 Å². The maximum Gasteiger partial charge on any atom is 0.255 e. The molecule has 4 rings (SSSR count). The highest BCUT2D eigenvalue weighted by Gasteiger charge is 2.35. The standard InChI is InChI=1S/C23H29N3O/c1-2-17-6-8-18(9-7-17)15-25-12-10-21(11-13-25)26-16-20-5-3-4-19(14-24)22(20)23(26)27/h3-9,21H,2,10-16,24H2,1H3. The van der Waals surface area contributed by atoms with Crippen LogP contribution in [0.1, 0.15) is 52.4 Å². The van der Waals surface area contributed by atoms with Gasteiger partial charge in [0, 0.05) is 44.3 Å². The number of nitrogens with two attached hydrogens (primary N) is 1. The van der Waals surface area contributed by atoms with E-state index in [4.69, 9.17) is 5.73 Å². The van der Waals surface area contributed by atoms with E-state index in [-0.39, 0.29) is 5.91 Å². The lowest BCUT2D eigenvalue weighted by atomic mass is 10.0. The van der Waals surface area contributed by atoms with Gasteiger partial charge in [0.1, 0.15) is 0 Å². The monoisotopic (exact) mass is 363 g/mol. The number of aryl methyl sites for hydroxylation is 1. The molecular weight excluding hydrogens is 334 g/mol. The molecule has 142 valence electrons. The third kappa shape index (κ3) is 3.64. The first-order valence-electron chi connectivity index (χ1n) is 10.1. The number of piperidine rings is 1. The molecule has 1 saturated heterocycles. The lowest BCUT2D eigenvalue weighted by Crippen LogP contribution is -2.44. The van der Waals surface area contributed by atoms with Gasteiger partial charge in [0.05, 0.1) is 0 Å². The van der Waals surface area contributed by atoms with Gasteiger partial charge in [-0.2, -0.15) is 0 Å². The first-order valence-corrected chi connectivity index (χ1v) is 10.1. The SMILES string of the molecule is CCc1ccc(CN2CCC(N3Cc4cccc(CN)c4C3=O)CC2)cc1. The van der Waals surface area contributed by atoms with E-state index in [2.05, 4.69) is 47.1 Å². The zero-order valence-corrected chi connectivity index (χ0v) is 16.2. The summed E-state index contributed by atoms with van der Waals surface area (Å²) in [4.78, 5) is 17.6. The summed E-state index contributed by atoms with van der Waals surface area (Å²) in [6.07, 6.45) is 3.18. The highest BCUT2D eigenvalue weighted by atomic mass is 16.2. The molecule has 1 amide bonds. The van der Waals surface area contributed by atoms with Gasteiger partial charge < -0.3 is 10.6 Å². The maximum atomic E-state index is 13.0. The van der Waals surface area contributed by atoms with Crippen molar-refractivity contribution < 1.29 is 4.79 Å². The molecule has 4 heteroatoms. The lowest BCUT2D eigenvalue weighted by Gasteiger charge is -2.36. The molecule has 2 heterocycles. The number of carbonyl (C=O) groups excluding carboxylic acids is 1. The molecule has 4 nitrogen and oxygen atoms in total. The number of hydrogen-bond donors (Lipinski definition) is 1. The molecule has 1 fully saturated rings. The Morgan fingerprint density at radius 3 is 2.41 bits per heavy atom. The third-order valence-electron chi connectivity index (χ3n) is 6.11. The maximum absolute atomic E-state index is 13.0. The number of hydrogen-bond acceptors (Lipinski definition) is 3. The molecule has 27 heavy (non-hydrogen) atoms. The molecule has 2 aromatic rings. The minimum absolute atomic E-state index is 0.180. The van der Waals surface area contributed by atoms with Crippen LogP contribution in [-0.2, 0) is 26.1 Å². The molecule has 0 atom stereocenters. The van der Waals surface area contributed by atoms with E-state index in [0.717, 1.165) is 62.1 Å².